The normalized spacial score (nSPS) is 10.8. The van der Waals surface area contributed by atoms with Crippen molar-refractivity contribution in [3.63, 3.8) is 0 Å². The quantitative estimate of drug-likeness (QED) is 0.505. The predicted octanol–water partition coefficient (Wildman–Crippen LogP) is 4.61. The lowest BCUT2D eigenvalue weighted by atomic mass is 10.2. The van der Waals surface area contributed by atoms with Crippen LogP contribution in [0.25, 0.3) is 11.4 Å². The molecule has 1 heterocycles. The van der Waals surface area contributed by atoms with E-state index >= 15 is 0 Å². The highest BCUT2D eigenvalue weighted by Gasteiger charge is 2.19. The fraction of sp³-hybridized carbons (Fsp3) is 0.286. The van der Waals surface area contributed by atoms with Crippen LogP contribution in [-0.4, -0.2) is 44.4 Å². The maximum atomic E-state index is 12.4. The third-order valence-corrected chi connectivity index (χ3v) is 5.74. The van der Waals surface area contributed by atoms with Crippen molar-refractivity contribution in [2.45, 2.75) is 25.5 Å². The second-order valence-corrected chi connectivity index (χ2v) is 7.56. The van der Waals surface area contributed by atoms with Gasteiger partial charge in [0.1, 0.15) is 0 Å². The summed E-state index contributed by atoms with van der Waals surface area (Å²) in [5, 5.41) is 10.1. The zero-order chi connectivity index (χ0) is 19.9. The van der Waals surface area contributed by atoms with Gasteiger partial charge in [0.25, 0.3) is 0 Å². The van der Waals surface area contributed by atoms with E-state index in [1.165, 1.54) is 11.8 Å². The van der Waals surface area contributed by atoms with Crippen LogP contribution < -0.4 is 0 Å². The lowest BCUT2D eigenvalue weighted by Gasteiger charge is -2.18. The Bertz CT molecular complexity index is 925. The van der Waals surface area contributed by atoms with E-state index in [0.29, 0.717) is 41.4 Å². The Morgan fingerprint density at radius 2 is 1.71 bits per heavy atom. The molecule has 1 amide bonds. The SMILES string of the molecule is CCN(CC)C(=O)CSc1nnc(-c2ccccc2Cl)n1Cc1ccccc1. The molecule has 0 saturated carbocycles. The van der Waals surface area contributed by atoms with Gasteiger partial charge in [-0.25, -0.2) is 0 Å². The second-order valence-electron chi connectivity index (χ2n) is 6.21. The number of thioether (sulfide) groups is 1. The molecule has 2 aromatic carbocycles. The number of nitrogens with zero attached hydrogens (tertiary/aromatic N) is 4. The average Bonchev–Trinajstić information content (AvgIpc) is 3.10. The van der Waals surface area contributed by atoms with Gasteiger partial charge in [0.15, 0.2) is 11.0 Å². The number of rotatable bonds is 8. The predicted molar refractivity (Wildman–Crippen MR) is 115 cm³/mol. The van der Waals surface area contributed by atoms with E-state index in [-0.39, 0.29) is 5.91 Å². The van der Waals surface area contributed by atoms with E-state index in [0.717, 1.165) is 11.1 Å². The highest BCUT2D eigenvalue weighted by Crippen LogP contribution is 2.30. The van der Waals surface area contributed by atoms with E-state index in [2.05, 4.69) is 22.3 Å². The topological polar surface area (TPSA) is 51.0 Å². The molecule has 1 aromatic heterocycles. The van der Waals surface area contributed by atoms with Gasteiger partial charge in [-0.2, -0.15) is 0 Å². The zero-order valence-electron chi connectivity index (χ0n) is 16.0. The van der Waals surface area contributed by atoms with Crippen LogP contribution in [0.3, 0.4) is 0 Å². The molecule has 7 heteroatoms. The molecule has 28 heavy (non-hydrogen) atoms. The Kier molecular flexibility index (Phi) is 7.12. The molecule has 0 aliphatic carbocycles. The summed E-state index contributed by atoms with van der Waals surface area (Å²) in [5.74, 6) is 1.13. The first-order valence-corrected chi connectivity index (χ1v) is 10.6. The molecule has 0 bridgehead atoms. The number of benzene rings is 2. The van der Waals surface area contributed by atoms with E-state index in [9.17, 15) is 4.79 Å². The number of amides is 1. The lowest BCUT2D eigenvalue weighted by molar-refractivity contribution is -0.127. The molecule has 0 N–H and O–H groups in total. The van der Waals surface area contributed by atoms with Gasteiger partial charge in [0, 0.05) is 18.7 Å². The molecule has 0 unspecified atom stereocenters. The maximum Gasteiger partial charge on any atom is 0.233 e. The van der Waals surface area contributed by atoms with Crippen LogP contribution in [-0.2, 0) is 11.3 Å². The third-order valence-electron chi connectivity index (χ3n) is 4.46. The summed E-state index contributed by atoms with van der Waals surface area (Å²) in [5.41, 5.74) is 1.96. The Hall–Kier alpha value is -2.31. The van der Waals surface area contributed by atoms with E-state index < -0.39 is 0 Å². The number of aromatic nitrogens is 3. The van der Waals surface area contributed by atoms with Gasteiger partial charge < -0.3 is 4.90 Å². The Morgan fingerprint density at radius 3 is 2.39 bits per heavy atom. The second kappa shape index (κ2) is 9.75. The summed E-state index contributed by atoms with van der Waals surface area (Å²) >= 11 is 7.81. The Balaban J connectivity index is 1.91. The highest BCUT2D eigenvalue weighted by atomic mass is 35.5. The Morgan fingerprint density at radius 1 is 1.04 bits per heavy atom. The summed E-state index contributed by atoms with van der Waals surface area (Å²) in [6.07, 6.45) is 0. The molecule has 3 aromatic rings. The standard InChI is InChI=1S/C21H23ClN4OS/c1-3-25(4-2)19(27)15-28-21-24-23-20(17-12-8-9-13-18(17)22)26(21)14-16-10-6-5-7-11-16/h5-13H,3-4,14-15H2,1-2H3. The van der Waals surface area contributed by atoms with Gasteiger partial charge in [0.2, 0.25) is 5.91 Å². The van der Waals surface area contributed by atoms with Crippen molar-refractivity contribution in [3.8, 4) is 11.4 Å². The first kappa shape index (κ1) is 20.4. The Labute approximate surface area is 174 Å². The van der Waals surface area contributed by atoms with Crippen LogP contribution in [0.2, 0.25) is 5.02 Å². The smallest absolute Gasteiger partial charge is 0.233 e. The van der Waals surface area contributed by atoms with E-state index in [1.807, 2.05) is 65.8 Å². The average molecular weight is 415 g/mol. The molecule has 5 nitrogen and oxygen atoms in total. The van der Waals surface area contributed by atoms with Gasteiger partial charge in [0.05, 0.1) is 17.3 Å². The number of hydrogen-bond acceptors (Lipinski definition) is 4. The van der Waals surface area contributed by atoms with Gasteiger partial charge >= 0.3 is 0 Å². The van der Waals surface area contributed by atoms with Crippen molar-refractivity contribution < 1.29 is 4.79 Å². The van der Waals surface area contributed by atoms with Gasteiger partial charge in [-0.1, -0.05) is 65.8 Å². The first-order valence-electron chi connectivity index (χ1n) is 9.26. The summed E-state index contributed by atoms with van der Waals surface area (Å²) in [6.45, 7) is 5.99. The minimum absolute atomic E-state index is 0.101. The molecule has 3 rings (SSSR count). The summed E-state index contributed by atoms with van der Waals surface area (Å²) in [6, 6.07) is 17.7. The van der Waals surface area contributed by atoms with Gasteiger partial charge in [-0.3, -0.25) is 9.36 Å². The maximum absolute atomic E-state index is 12.4. The summed E-state index contributed by atoms with van der Waals surface area (Å²) in [4.78, 5) is 14.2. The molecule has 0 aliphatic heterocycles. The van der Waals surface area contributed by atoms with E-state index in [1.54, 1.807) is 0 Å². The highest BCUT2D eigenvalue weighted by molar-refractivity contribution is 7.99. The third kappa shape index (κ3) is 4.75. The fourth-order valence-corrected chi connectivity index (χ4v) is 4.00. The first-order chi connectivity index (χ1) is 13.6. The molecule has 0 spiro atoms. The van der Waals surface area contributed by atoms with Crippen LogP contribution in [0, 0.1) is 0 Å². The van der Waals surface area contributed by atoms with Crippen molar-refractivity contribution in [1.82, 2.24) is 19.7 Å². The van der Waals surface area contributed by atoms with Gasteiger partial charge in [-0.15, -0.1) is 10.2 Å². The number of carbonyl (C=O) groups excluding carboxylic acids is 1. The van der Waals surface area contributed by atoms with Crippen LogP contribution >= 0.6 is 23.4 Å². The van der Waals surface area contributed by atoms with Crippen LogP contribution in [0.15, 0.2) is 59.8 Å². The monoisotopic (exact) mass is 414 g/mol. The van der Waals surface area contributed by atoms with Crippen molar-refractivity contribution in [1.29, 1.82) is 0 Å². The number of hydrogen-bond donors (Lipinski definition) is 0. The van der Waals surface area contributed by atoms with E-state index in [4.69, 9.17) is 11.6 Å². The summed E-state index contributed by atoms with van der Waals surface area (Å²) < 4.78 is 2.02. The van der Waals surface area contributed by atoms with Gasteiger partial charge in [-0.05, 0) is 31.5 Å². The van der Waals surface area contributed by atoms with Crippen LogP contribution in [0.1, 0.15) is 19.4 Å². The largest absolute Gasteiger partial charge is 0.343 e. The minimum atomic E-state index is 0.101. The summed E-state index contributed by atoms with van der Waals surface area (Å²) in [7, 11) is 0. The molecule has 0 aliphatic rings. The fourth-order valence-electron chi connectivity index (χ4n) is 2.94. The molecule has 146 valence electrons. The van der Waals surface area contributed by atoms with Crippen LogP contribution in [0.5, 0.6) is 0 Å². The molecule has 0 atom stereocenters. The zero-order valence-corrected chi connectivity index (χ0v) is 17.6. The molecule has 0 fully saturated rings. The number of halogens is 1. The van der Waals surface area contributed by atoms with Crippen molar-refractivity contribution in [2.24, 2.45) is 0 Å². The van der Waals surface area contributed by atoms with Crippen molar-refractivity contribution >= 4 is 29.3 Å². The molecule has 0 saturated heterocycles. The molecule has 0 radical (unpaired) electrons. The molecular formula is C21H23ClN4OS. The lowest BCUT2D eigenvalue weighted by Crippen LogP contribution is -2.31. The number of carbonyl (C=O) groups is 1. The van der Waals surface area contributed by atoms with Crippen molar-refractivity contribution in [3.05, 3.63) is 65.2 Å². The van der Waals surface area contributed by atoms with Crippen LogP contribution in [0.4, 0.5) is 0 Å². The molecular weight excluding hydrogens is 392 g/mol. The van der Waals surface area contributed by atoms with Crippen molar-refractivity contribution in [2.75, 3.05) is 18.8 Å². The minimum Gasteiger partial charge on any atom is -0.343 e.